The minimum Gasteiger partial charge on any atom is -0.217 e. The van der Waals surface area contributed by atoms with E-state index in [0.29, 0.717) is 12.0 Å². The van der Waals surface area contributed by atoms with Gasteiger partial charge in [-0.1, -0.05) is 18.7 Å². The molecular formula is C8H14N4S2. The third-order valence-electron chi connectivity index (χ3n) is 2.16. The summed E-state index contributed by atoms with van der Waals surface area (Å²) in [4.78, 5) is 0. The fourth-order valence-electron chi connectivity index (χ4n) is 1.10. The first kappa shape index (κ1) is 10.3. The van der Waals surface area contributed by atoms with Crippen LogP contribution >= 0.6 is 24.4 Å². The predicted molar refractivity (Wildman–Crippen MR) is 59.8 cm³/mol. The van der Waals surface area contributed by atoms with E-state index in [1.807, 2.05) is 4.68 Å². The Labute approximate surface area is 93.2 Å². The van der Waals surface area contributed by atoms with Crippen LogP contribution in [-0.2, 0) is 0 Å². The third kappa shape index (κ3) is 2.42. The van der Waals surface area contributed by atoms with Crippen molar-refractivity contribution >= 4 is 24.4 Å². The predicted octanol–water partition coefficient (Wildman–Crippen LogP) is 1.67. The van der Waals surface area contributed by atoms with Gasteiger partial charge < -0.3 is 0 Å². The van der Waals surface area contributed by atoms with Crippen molar-refractivity contribution < 1.29 is 0 Å². The molecule has 1 aromatic rings. The normalized spacial score (nSPS) is 18.4. The number of thioether (sulfide) groups is 1. The summed E-state index contributed by atoms with van der Waals surface area (Å²) < 4.78 is 1.95. The Morgan fingerprint density at radius 1 is 1.64 bits per heavy atom. The van der Waals surface area contributed by atoms with Gasteiger partial charge in [0.1, 0.15) is 0 Å². The molecular weight excluding hydrogens is 216 g/mol. The van der Waals surface area contributed by atoms with Gasteiger partial charge in [-0.15, -0.1) is 5.10 Å². The number of hydrogen-bond donors (Lipinski definition) is 1. The van der Waals surface area contributed by atoms with Crippen molar-refractivity contribution in [1.82, 2.24) is 20.2 Å². The van der Waals surface area contributed by atoms with Crippen molar-refractivity contribution in [1.29, 1.82) is 0 Å². The van der Waals surface area contributed by atoms with Gasteiger partial charge in [-0.25, -0.2) is 4.68 Å². The van der Waals surface area contributed by atoms with Crippen molar-refractivity contribution in [2.75, 3.05) is 11.5 Å². The molecule has 1 aliphatic rings. The first-order valence-electron chi connectivity index (χ1n) is 4.82. The van der Waals surface area contributed by atoms with Gasteiger partial charge in [0.25, 0.3) is 0 Å². The molecule has 14 heavy (non-hydrogen) atoms. The molecule has 6 heteroatoms. The Hall–Kier alpha value is -0.230. The van der Waals surface area contributed by atoms with Gasteiger partial charge in [-0.3, -0.25) is 0 Å². The second-order valence-electron chi connectivity index (χ2n) is 3.74. The molecule has 1 unspecified atom stereocenters. The van der Waals surface area contributed by atoms with Crippen LogP contribution in [0.3, 0.4) is 0 Å². The molecule has 0 saturated heterocycles. The molecule has 0 spiro atoms. The van der Waals surface area contributed by atoms with Crippen LogP contribution in [0.2, 0.25) is 0 Å². The van der Waals surface area contributed by atoms with Crippen LogP contribution in [0.1, 0.15) is 25.8 Å². The highest BCUT2D eigenvalue weighted by molar-refractivity contribution is 7.99. The average molecular weight is 230 g/mol. The molecule has 1 heterocycles. The van der Waals surface area contributed by atoms with Gasteiger partial charge in [0.05, 0.1) is 6.04 Å². The van der Waals surface area contributed by atoms with Crippen LogP contribution in [0.15, 0.2) is 5.16 Å². The highest BCUT2D eigenvalue weighted by Crippen LogP contribution is 2.36. The van der Waals surface area contributed by atoms with Crippen molar-refractivity contribution in [2.24, 2.45) is 5.92 Å². The van der Waals surface area contributed by atoms with E-state index < -0.39 is 0 Å². The SMILES string of the molecule is CC(CS)CSc1nnnn1C1CC1. The van der Waals surface area contributed by atoms with Crippen LogP contribution in [-0.4, -0.2) is 31.7 Å². The number of nitrogens with zero attached hydrogens (tertiary/aromatic N) is 4. The van der Waals surface area contributed by atoms with Gasteiger partial charge in [0, 0.05) is 5.75 Å². The molecule has 0 bridgehead atoms. The zero-order chi connectivity index (χ0) is 9.97. The minimum atomic E-state index is 0.568. The summed E-state index contributed by atoms with van der Waals surface area (Å²) >= 11 is 5.99. The molecule has 0 amide bonds. The Morgan fingerprint density at radius 2 is 2.43 bits per heavy atom. The lowest BCUT2D eigenvalue weighted by Crippen LogP contribution is -2.03. The van der Waals surface area contributed by atoms with Crippen LogP contribution in [0.5, 0.6) is 0 Å². The molecule has 0 aliphatic heterocycles. The largest absolute Gasteiger partial charge is 0.217 e. The Balaban J connectivity index is 1.91. The highest BCUT2D eigenvalue weighted by atomic mass is 32.2. The summed E-state index contributed by atoms with van der Waals surface area (Å²) in [6.45, 7) is 2.19. The lowest BCUT2D eigenvalue weighted by atomic mass is 10.3. The molecule has 0 aromatic carbocycles. The quantitative estimate of drug-likeness (QED) is 0.617. The number of aromatic nitrogens is 4. The first-order chi connectivity index (χ1) is 6.81. The van der Waals surface area contributed by atoms with Gasteiger partial charge in [-0.2, -0.15) is 12.6 Å². The number of thiol groups is 1. The Kier molecular flexibility index (Phi) is 3.33. The Bertz CT molecular complexity index is 297. The number of rotatable bonds is 5. The summed E-state index contributed by atoms with van der Waals surface area (Å²) in [7, 11) is 0. The molecule has 78 valence electrons. The monoisotopic (exact) mass is 230 g/mol. The van der Waals surface area contributed by atoms with Crippen molar-refractivity contribution in [3.8, 4) is 0 Å². The summed E-state index contributed by atoms with van der Waals surface area (Å²) in [6, 6.07) is 0.568. The molecule has 1 fully saturated rings. The van der Waals surface area contributed by atoms with Crippen LogP contribution in [0.4, 0.5) is 0 Å². The summed E-state index contributed by atoms with van der Waals surface area (Å²) in [6.07, 6.45) is 2.45. The first-order valence-corrected chi connectivity index (χ1v) is 6.44. The van der Waals surface area contributed by atoms with E-state index in [-0.39, 0.29) is 0 Å². The van der Waals surface area contributed by atoms with Crippen molar-refractivity contribution in [2.45, 2.75) is 31.0 Å². The summed E-state index contributed by atoms with van der Waals surface area (Å²) in [5, 5.41) is 12.7. The van der Waals surface area contributed by atoms with Gasteiger partial charge in [-0.05, 0) is 34.9 Å². The van der Waals surface area contributed by atoms with E-state index in [1.54, 1.807) is 11.8 Å². The Morgan fingerprint density at radius 3 is 3.07 bits per heavy atom. The van der Waals surface area contributed by atoms with E-state index >= 15 is 0 Å². The van der Waals surface area contributed by atoms with E-state index in [4.69, 9.17) is 0 Å². The van der Waals surface area contributed by atoms with Gasteiger partial charge in [0.2, 0.25) is 5.16 Å². The van der Waals surface area contributed by atoms with Gasteiger partial charge in [0.15, 0.2) is 0 Å². The molecule has 1 atom stereocenters. The summed E-state index contributed by atoms with van der Waals surface area (Å²) in [5.41, 5.74) is 0. The zero-order valence-electron chi connectivity index (χ0n) is 8.13. The molecule has 1 aliphatic carbocycles. The maximum Gasteiger partial charge on any atom is 0.209 e. The highest BCUT2D eigenvalue weighted by Gasteiger charge is 2.27. The third-order valence-corrected chi connectivity index (χ3v) is 4.05. The van der Waals surface area contributed by atoms with E-state index in [9.17, 15) is 0 Å². The van der Waals surface area contributed by atoms with E-state index in [0.717, 1.165) is 16.7 Å². The van der Waals surface area contributed by atoms with Crippen molar-refractivity contribution in [3.05, 3.63) is 0 Å². The van der Waals surface area contributed by atoms with E-state index in [1.165, 1.54) is 12.8 Å². The fraction of sp³-hybridized carbons (Fsp3) is 0.875. The van der Waals surface area contributed by atoms with Gasteiger partial charge >= 0.3 is 0 Å². The maximum atomic E-state index is 4.25. The maximum absolute atomic E-state index is 4.25. The number of tetrazole rings is 1. The second-order valence-corrected chi connectivity index (χ2v) is 5.09. The lowest BCUT2D eigenvalue weighted by Gasteiger charge is -2.06. The van der Waals surface area contributed by atoms with Crippen LogP contribution in [0.25, 0.3) is 0 Å². The smallest absolute Gasteiger partial charge is 0.209 e. The molecule has 4 nitrogen and oxygen atoms in total. The van der Waals surface area contributed by atoms with Crippen LogP contribution in [0, 0.1) is 5.92 Å². The summed E-state index contributed by atoms with van der Waals surface area (Å²) in [5.74, 6) is 2.56. The topological polar surface area (TPSA) is 43.6 Å². The van der Waals surface area contributed by atoms with Crippen LogP contribution < -0.4 is 0 Å². The molecule has 0 N–H and O–H groups in total. The molecule has 1 aromatic heterocycles. The standard InChI is InChI=1S/C8H14N4S2/c1-6(4-13)5-14-8-9-10-11-12(8)7-2-3-7/h6-7,13H,2-5H2,1H3. The minimum absolute atomic E-state index is 0.568. The average Bonchev–Trinajstić information content (AvgIpc) is 2.94. The molecule has 1 saturated carbocycles. The molecule has 2 rings (SSSR count). The number of hydrogen-bond acceptors (Lipinski definition) is 5. The lowest BCUT2D eigenvalue weighted by molar-refractivity contribution is 0.564. The zero-order valence-corrected chi connectivity index (χ0v) is 9.84. The second kappa shape index (κ2) is 4.53. The van der Waals surface area contributed by atoms with Crippen molar-refractivity contribution in [3.63, 3.8) is 0 Å². The fourth-order valence-corrected chi connectivity index (χ4v) is 2.37. The molecule has 0 radical (unpaired) electrons. The van der Waals surface area contributed by atoms with E-state index in [2.05, 4.69) is 35.1 Å².